The van der Waals surface area contributed by atoms with E-state index in [1.165, 1.54) is 24.8 Å². The molecule has 4 rings (SSSR count). The monoisotopic (exact) mass is 351 g/mol. The topological polar surface area (TPSA) is 39.6 Å². The quantitative estimate of drug-likeness (QED) is 0.914. The zero-order valence-corrected chi connectivity index (χ0v) is 15.8. The second kappa shape index (κ2) is 7.01. The summed E-state index contributed by atoms with van der Waals surface area (Å²) in [5.74, 6) is 0.930. The van der Waals surface area contributed by atoms with Gasteiger partial charge in [0.1, 0.15) is 5.82 Å². The third-order valence-electron chi connectivity index (χ3n) is 6.11. The lowest BCUT2D eigenvalue weighted by atomic mass is 9.72. The number of benzene rings is 1. The van der Waals surface area contributed by atoms with E-state index in [2.05, 4.69) is 46.3 Å². The van der Waals surface area contributed by atoms with Crippen molar-refractivity contribution in [1.29, 1.82) is 0 Å². The van der Waals surface area contributed by atoms with Crippen molar-refractivity contribution in [3.05, 3.63) is 59.8 Å². The molecule has 1 aromatic heterocycles. The van der Waals surface area contributed by atoms with E-state index < -0.39 is 5.60 Å². The molecular weight excluding hydrogens is 322 g/mol. The van der Waals surface area contributed by atoms with E-state index in [0.29, 0.717) is 12.1 Å². The summed E-state index contributed by atoms with van der Waals surface area (Å²) in [4.78, 5) is 9.16. The molecule has 0 aliphatic carbocycles. The molecule has 0 spiro atoms. The highest BCUT2D eigenvalue weighted by atomic mass is 16.3. The van der Waals surface area contributed by atoms with E-state index in [0.717, 1.165) is 30.8 Å². The van der Waals surface area contributed by atoms with Gasteiger partial charge in [0.15, 0.2) is 0 Å². The van der Waals surface area contributed by atoms with E-state index in [4.69, 9.17) is 0 Å². The highest BCUT2D eigenvalue weighted by Crippen LogP contribution is 2.44. The first-order valence-electron chi connectivity index (χ1n) is 9.71. The van der Waals surface area contributed by atoms with Crippen LogP contribution in [0.2, 0.25) is 0 Å². The summed E-state index contributed by atoms with van der Waals surface area (Å²) in [6, 6.07) is 15.7. The second-order valence-electron chi connectivity index (χ2n) is 8.14. The number of piperidine rings is 2. The molecule has 4 heteroatoms. The van der Waals surface area contributed by atoms with Crippen LogP contribution in [-0.2, 0) is 12.1 Å². The maximum Gasteiger partial charge on any atom is 0.127 e. The van der Waals surface area contributed by atoms with Crippen LogP contribution in [0.3, 0.4) is 0 Å². The van der Waals surface area contributed by atoms with Crippen LogP contribution >= 0.6 is 0 Å². The molecule has 0 amide bonds. The summed E-state index contributed by atoms with van der Waals surface area (Å²) in [5, 5.41) is 11.5. The van der Waals surface area contributed by atoms with Crippen LogP contribution in [0.25, 0.3) is 0 Å². The zero-order valence-electron chi connectivity index (χ0n) is 15.8. The molecule has 2 unspecified atom stereocenters. The van der Waals surface area contributed by atoms with Gasteiger partial charge in [-0.1, -0.05) is 42.8 Å². The van der Waals surface area contributed by atoms with Crippen molar-refractivity contribution in [2.75, 3.05) is 19.0 Å². The Labute approximate surface area is 156 Å². The van der Waals surface area contributed by atoms with Gasteiger partial charge in [-0.3, -0.25) is 4.90 Å². The Morgan fingerprint density at radius 1 is 1.08 bits per heavy atom. The lowest BCUT2D eigenvalue weighted by Gasteiger charge is -2.52. The average molecular weight is 351 g/mol. The van der Waals surface area contributed by atoms with Crippen molar-refractivity contribution in [2.24, 2.45) is 0 Å². The van der Waals surface area contributed by atoms with Crippen molar-refractivity contribution in [3.63, 3.8) is 0 Å². The Morgan fingerprint density at radius 2 is 1.77 bits per heavy atom. The third kappa shape index (κ3) is 3.36. The van der Waals surface area contributed by atoms with Crippen molar-refractivity contribution in [1.82, 2.24) is 9.88 Å². The Bertz CT molecular complexity index is 715. The lowest BCUT2D eigenvalue weighted by molar-refractivity contribution is -0.100. The van der Waals surface area contributed by atoms with Crippen LogP contribution in [-0.4, -0.2) is 41.2 Å². The van der Waals surface area contributed by atoms with Crippen molar-refractivity contribution >= 4 is 5.82 Å². The maximum absolute atomic E-state index is 11.5. The van der Waals surface area contributed by atoms with Gasteiger partial charge in [-0.15, -0.1) is 0 Å². The summed E-state index contributed by atoms with van der Waals surface area (Å²) in [6.45, 7) is 0.990. The molecular formula is C22H29N3O. The predicted molar refractivity (Wildman–Crippen MR) is 105 cm³/mol. The van der Waals surface area contributed by atoms with Gasteiger partial charge < -0.3 is 10.0 Å². The van der Waals surface area contributed by atoms with Crippen LogP contribution in [0.1, 0.15) is 43.2 Å². The Balaban J connectivity index is 1.55. The average Bonchev–Trinajstić information content (AvgIpc) is 2.64. The van der Waals surface area contributed by atoms with E-state index in [-0.39, 0.29) is 0 Å². The zero-order chi connectivity index (χ0) is 18.1. The fourth-order valence-electron chi connectivity index (χ4n) is 4.73. The molecule has 26 heavy (non-hydrogen) atoms. The summed E-state index contributed by atoms with van der Waals surface area (Å²) in [5.41, 5.74) is 1.59. The number of aliphatic hydroxyl groups is 1. The van der Waals surface area contributed by atoms with Gasteiger partial charge in [-0.25, -0.2) is 4.98 Å². The number of pyridine rings is 1. The van der Waals surface area contributed by atoms with E-state index in [9.17, 15) is 5.11 Å². The van der Waals surface area contributed by atoms with Crippen LogP contribution in [0.15, 0.2) is 48.7 Å². The maximum atomic E-state index is 11.5. The Morgan fingerprint density at radius 3 is 2.35 bits per heavy atom. The SMILES string of the molecule is CN(C)c1ccc(C2(O)CC3CCCC(C2)N3Cc2ccccc2)cn1. The van der Waals surface area contributed by atoms with E-state index in [1.54, 1.807) is 0 Å². The molecule has 0 radical (unpaired) electrons. The van der Waals surface area contributed by atoms with Gasteiger partial charge in [0.05, 0.1) is 5.60 Å². The van der Waals surface area contributed by atoms with Crippen molar-refractivity contribution in [2.45, 2.75) is 56.3 Å². The minimum Gasteiger partial charge on any atom is -0.385 e. The molecule has 0 saturated carbocycles. The van der Waals surface area contributed by atoms with Gasteiger partial charge in [-0.05, 0) is 37.3 Å². The van der Waals surface area contributed by atoms with E-state index >= 15 is 0 Å². The largest absolute Gasteiger partial charge is 0.385 e. The van der Waals surface area contributed by atoms with Gasteiger partial charge in [0, 0.05) is 44.5 Å². The number of hydrogen-bond donors (Lipinski definition) is 1. The summed E-state index contributed by atoms with van der Waals surface area (Å²) in [7, 11) is 3.98. The highest BCUT2D eigenvalue weighted by Gasteiger charge is 2.46. The van der Waals surface area contributed by atoms with Gasteiger partial charge in [-0.2, -0.15) is 0 Å². The predicted octanol–water partition coefficient (Wildman–Crippen LogP) is 3.55. The van der Waals surface area contributed by atoms with Gasteiger partial charge >= 0.3 is 0 Å². The molecule has 138 valence electrons. The molecule has 2 atom stereocenters. The molecule has 4 nitrogen and oxygen atoms in total. The molecule has 3 heterocycles. The van der Waals surface area contributed by atoms with Crippen LogP contribution in [0.5, 0.6) is 0 Å². The Kier molecular flexibility index (Phi) is 4.72. The van der Waals surface area contributed by atoms with Gasteiger partial charge in [0.2, 0.25) is 0 Å². The van der Waals surface area contributed by atoms with Crippen LogP contribution in [0.4, 0.5) is 5.82 Å². The molecule has 2 fully saturated rings. The van der Waals surface area contributed by atoms with Crippen molar-refractivity contribution < 1.29 is 5.11 Å². The smallest absolute Gasteiger partial charge is 0.127 e. The number of anilines is 1. The standard InChI is InChI=1S/C22H29N3O/c1-24(2)21-12-11-18(15-23-21)22(26)13-19-9-6-10-20(14-22)25(19)16-17-7-4-3-5-8-17/h3-5,7-8,11-12,15,19-20,26H,6,9-10,13-14,16H2,1-2H3. The minimum absolute atomic E-state index is 0.446. The van der Waals surface area contributed by atoms with Gasteiger partial charge in [0.25, 0.3) is 0 Å². The van der Waals surface area contributed by atoms with Crippen LogP contribution < -0.4 is 4.90 Å². The first kappa shape index (κ1) is 17.5. The summed E-state index contributed by atoms with van der Waals surface area (Å²) >= 11 is 0. The summed E-state index contributed by atoms with van der Waals surface area (Å²) < 4.78 is 0. The molecule has 2 bridgehead atoms. The lowest BCUT2D eigenvalue weighted by Crippen LogP contribution is -2.56. The minimum atomic E-state index is -0.749. The highest BCUT2D eigenvalue weighted by molar-refractivity contribution is 5.38. The number of rotatable bonds is 4. The fraction of sp³-hybridized carbons (Fsp3) is 0.500. The number of hydrogen-bond acceptors (Lipinski definition) is 4. The number of aromatic nitrogens is 1. The third-order valence-corrected chi connectivity index (χ3v) is 6.11. The van der Waals surface area contributed by atoms with E-state index in [1.807, 2.05) is 31.3 Å². The molecule has 2 saturated heterocycles. The second-order valence-corrected chi connectivity index (χ2v) is 8.14. The molecule has 2 aromatic rings. The van der Waals surface area contributed by atoms with Crippen LogP contribution in [0, 0.1) is 0 Å². The summed E-state index contributed by atoms with van der Waals surface area (Å²) in [6.07, 6.45) is 7.11. The number of nitrogens with zero attached hydrogens (tertiary/aromatic N) is 3. The molecule has 1 aromatic carbocycles. The molecule has 2 aliphatic heterocycles. The fourth-order valence-corrected chi connectivity index (χ4v) is 4.73. The first-order valence-corrected chi connectivity index (χ1v) is 9.71. The molecule has 1 N–H and O–H groups in total. The first-order chi connectivity index (χ1) is 12.5. The normalized spacial score (nSPS) is 28.7. The van der Waals surface area contributed by atoms with Crippen molar-refractivity contribution in [3.8, 4) is 0 Å². The molecule has 2 aliphatic rings. The Hall–Kier alpha value is -1.91. The number of fused-ring (bicyclic) bond motifs is 2.